The van der Waals surface area contributed by atoms with Crippen molar-refractivity contribution in [2.24, 2.45) is 5.92 Å². The van der Waals surface area contributed by atoms with Crippen LogP contribution in [0, 0.1) is 12.8 Å². The molecule has 0 atom stereocenters. The van der Waals surface area contributed by atoms with Gasteiger partial charge in [-0.2, -0.15) is 0 Å². The van der Waals surface area contributed by atoms with Gasteiger partial charge in [0.2, 0.25) is 0 Å². The minimum absolute atomic E-state index is 0.0655. The van der Waals surface area contributed by atoms with Crippen molar-refractivity contribution < 1.29 is 19.2 Å². The SMILES string of the molecule is Cc1noc2nc(C3CC3)cc(C(=O)NC3CC(N(CC(=O)O)CC4CC4)C3)c12. The number of aliphatic carboxylic acids is 1. The number of hydrogen-bond acceptors (Lipinski definition) is 6. The van der Waals surface area contributed by atoms with Gasteiger partial charge in [-0.05, 0) is 57.4 Å². The number of aryl methyl sites for hydroxylation is 1. The van der Waals surface area contributed by atoms with Gasteiger partial charge in [0, 0.05) is 30.2 Å². The Balaban J connectivity index is 1.27. The molecule has 29 heavy (non-hydrogen) atoms. The fourth-order valence-electron chi connectivity index (χ4n) is 4.30. The van der Waals surface area contributed by atoms with E-state index in [0.29, 0.717) is 34.2 Å². The van der Waals surface area contributed by atoms with Crippen molar-refractivity contribution in [1.29, 1.82) is 0 Å². The van der Waals surface area contributed by atoms with Crippen LogP contribution in [0.3, 0.4) is 0 Å². The Kier molecular flexibility index (Phi) is 4.53. The van der Waals surface area contributed by atoms with Crippen LogP contribution < -0.4 is 5.32 Å². The quantitative estimate of drug-likeness (QED) is 0.703. The van der Waals surface area contributed by atoms with Gasteiger partial charge in [-0.25, -0.2) is 4.98 Å². The summed E-state index contributed by atoms with van der Waals surface area (Å²) in [6.07, 6.45) is 6.16. The standard InChI is InChI=1S/C21H26N4O4/c1-11-19-16(8-17(13-4-5-13)23-21(19)29-24-11)20(28)22-14-6-15(7-14)25(10-18(26)27)9-12-2-3-12/h8,12-15H,2-7,9-10H2,1H3,(H,22,28)(H,26,27). The predicted octanol–water partition coefficient (Wildman–Crippen LogP) is 2.47. The number of nitrogens with one attached hydrogen (secondary N) is 1. The van der Waals surface area contributed by atoms with Crippen molar-refractivity contribution in [3.8, 4) is 0 Å². The summed E-state index contributed by atoms with van der Waals surface area (Å²) in [5.41, 5.74) is 2.59. The van der Waals surface area contributed by atoms with Crippen molar-refractivity contribution in [1.82, 2.24) is 20.4 Å². The fraction of sp³-hybridized carbons (Fsp3) is 0.619. The zero-order chi connectivity index (χ0) is 20.1. The second-order valence-electron chi connectivity index (χ2n) is 8.88. The van der Waals surface area contributed by atoms with Crippen molar-refractivity contribution in [3.05, 3.63) is 23.0 Å². The number of nitrogens with zero attached hydrogens (tertiary/aromatic N) is 3. The van der Waals surface area contributed by atoms with Gasteiger partial charge in [-0.3, -0.25) is 14.5 Å². The first kappa shape index (κ1) is 18.5. The van der Waals surface area contributed by atoms with E-state index < -0.39 is 5.97 Å². The van der Waals surface area contributed by atoms with Crippen LogP contribution in [0.2, 0.25) is 0 Å². The van der Waals surface area contributed by atoms with Gasteiger partial charge >= 0.3 is 5.97 Å². The second-order valence-corrected chi connectivity index (χ2v) is 8.88. The van der Waals surface area contributed by atoms with Crippen LogP contribution in [0.5, 0.6) is 0 Å². The maximum Gasteiger partial charge on any atom is 0.317 e. The Morgan fingerprint density at radius 2 is 2.03 bits per heavy atom. The molecular formula is C21H26N4O4. The van der Waals surface area contributed by atoms with Crippen molar-refractivity contribution in [2.45, 2.75) is 63.5 Å². The van der Waals surface area contributed by atoms with E-state index in [9.17, 15) is 14.7 Å². The molecule has 5 rings (SSSR count). The minimum Gasteiger partial charge on any atom is -0.480 e. The molecule has 2 aromatic rings. The maximum absolute atomic E-state index is 13.0. The minimum atomic E-state index is -0.784. The largest absolute Gasteiger partial charge is 0.480 e. The molecule has 1 amide bonds. The number of hydrogen-bond donors (Lipinski definition) is 2. The number of fused-ring (bicyclic) bond motifs is 1. The Hall–Kier alpha value is -2.48. The molecule has 8 nitrogen and oxygen atoms in total. The highest BCUT2D eigenvalue weighted by Gasteiger charge is 2.38. The van der Waals surface area contributed by atoms with Crippen LogP contribution >= 0.6 is 0 Å². The number of rotatable bonds is 8. The highest BCUT2D eigenvalue weighted by molar-refractivity contribution is 6.06. The van der Waals surface area contributed by atoms with Gasteiger partial charge in [0.1, 0.15) is 0 Å². The van der Waals surface area contributed by atoms with Crippen LogP contribution in [0.1, 0.15) is 66.2 Å². The average molecular weight is 398 g/mol. The molecule has 0 aromatic carbocycles. The van der Waals surface area contributed by atoms with Gasteiger partial charge in [0.25, 0.3) is 11.6 Å². The molecule has 0 saturated heterocycles. The van der Waals surface area contributed by atoms with Crippen LogP contribution in [0.25, 0.3) is 11.1 Å². The summed E-state index contributed by atoms with van der Waals surface area (Å²) in [6, 6.07) is 2.18. The monoisotopic (exact) mass is 398 g/mol. The number of carbonyl (C=O) groups excluding carboxylic acids is 1. The van der Waals surface area contributed by atoms with E-state index in [2.05, 4.69) is 20.4 Å². The summed E-state index contributed by atoms with van der Waals surface area (Å²) in [6.45, 7) is 2.76. The van der Waals surface area contributed by atoms with Crippen LogP contribution in [0.15, 0.2) is 10.6 Å². The lowest BCUT2D eigenvalue weighted by molar-refractivity contribution is -0.139. The van der Waals surface area contributed by atoms with Crippen molar-refractivity contribution in [3.63, 3.8) is 0 Å². The molecule has 154 valence electrons. The van der Waals surface area contributed by atoms with Crippen LogP contribution in [0.4, 0.5) is 0 Å². The molecule has 0 spiro atoms. The lowest BCUT2D eigenvalue weighted by Gasteiger charge is -2.42. The number of carbonyl (C=O) groups is 2. The molecule has 3 aliphatic rings. The van der Waals surface area contributed by atoms with E-state index in [0.717, 1.165) is 37.9 Å². The number of carboxylic acids is 1. The van der Waals surface area contributed by atoms with E-state index in [1.807, 2.05) is 13.0 Å². The number of carboxylic acid groups (broad SMARTS) is 1. The van der Waals surface area contributed by atoms with Crippen molar-refractivity contribution in [2.75, 3.05) is 13.1 Å². The summed E-state index contributed by atoms with van der Waals surface area (Å²) >= 11 is 0. The molecular weight excluding hydrogens is 372 g/mol. The lowest BCUT2D eigenvalue weighted by Crippen LogP contribution is -2.55. The van der Waals surface area contributed by atoms with Crippen molar-refractivity contribution >= 4 is 23.0 Å². The van der Waals surface area contributed by atoms with Gasteiger partial charge in [-0.1, -0.05) is 5.16 Å². The molecule has 3 fully saturated rings. The molecule has 0 aliphatic heterocycles. The Morgan fingerprint density at radius 1 is 1.28 bits per heavy atom. The normalized spacial score (nSPS) is 23.9. The lowest BCUT2D eigenvalue weighted by atomic mass is 9.85. The summed E-state index contributed by atoms with van der Waals surface area (Å²) < 4.78 is 5.33. The molecule has 3 saturated carbocycles. The van der Waals surface area contributed by atoms with Gasteiger partial charge in [0.05, 0.1) is 23.2 Å². The van der Waals surface area contributed by atoms with E-state index >= 15 is 0 Å². The second kappa shape index (κ2) is 7.09. The fourth-order valence-corrected chi connectivity index (χ4v) is 4.30. The Labute approximate surface area is 168 Å². The van der Waals surface area contributed by atoms with E-state index in [4.69, 9.17) is 4.52 Å². The molecule has 0 radical (unpaired) electrons. The molecule has 2 N–H and O–H groups in total. The van der Waals surface area contributed by atoms with Gasteiger partial charge in [0.15, 0.2) is 0 Å². The maximum atomic E-state index is 13.0. The third-order valence-corrected chi connectivity index (χ3v) is 6.37. The summed E-state index contributed by atoms with van der Waals surface area (Å²) in [4.78, 5) is 30.8. The molecule has 8 heteroatoms. The molecule has 0 bridgehead atoms. The zero-order valence-corrected chi connectivity index (χ0v) is 16.6. The van der Waals surface area contributed by atoms with Crippen LogP contribution in [-0.4, -0.2) is 57.2 Å². The zero-order valence-electron chi connectivity index (χ0n) is 16.6. The molecule has 2 heterocycles. The average Bonchev–Trinajstić information content (AvgIpc) is 3.55. The number of aromatic nitrogens is 2. The predicted molar refractivity (Wildman–Crippen MR) is 105 cm³/mol. The van der Waals surface area contributed by atoms with E-state index in [-0.39, 0.29) is 24.5 Å². The first-order valence-corrected chi connectivity index (χ1v) is 10.5. The van der Waals surface area contributed by atoms with Gasteiger partial charge in [-0.15, -0.1) is 0 Å². The molecule has 3 aliphatic carbocycles. The smallest absolute Gasteiger partial charge is 0.317 e. The van der Waals surface area contributed by atoms with E-state index in [1.165, 1.54) is 12.8 Å². The highest BCUT2D eigenvalue weighted by atomic mass is 16.5. The third kappa shape index (κ3) is 3.85. The summed E-state index contributed by atoms with van der Waals surface area (Å²) in [5.74, 6) is 0.149. The Bertz CT molecular complexity index is 957. The molecule has 2 aromatic heterocycles. The number of pyridine rings is 1. The first-order chi connectivity index (χ1) is 14.0. The highest BCUT2D eigenvalue weighted by Crippen LogP contribution is 2.40. The van der Waals surface area contributed by atoms with Gasteiger partial charge < -0.3 is 14.9 Å². The number of amides is 1. The topological polar surface area (TPSA) is 109 Å². The van der Waals surface area contributed by atoms with E-state index in [1.54, 1.807) is 0 Å². The summed E-state index contributed by atoms with van der Waals surface area (Å²) in [7, 11) is 0. The Morgan fingerprint density at radius 3 is 2.69 bits per heavy atom. The summed E-state index contributed by atoms with van der Waals surface area (Å²) in [5, 5.41) is 17.0. The van der Waals surface area contributed by atoms with Crippen LogP contribution in [-0.2, 0) is 4.79 Å². The first-order valence-electron chi connectivity index (χ1n) is 10.5. The molecule has 0 unspecified atom stereocenters. The third-order valence-electron chi connectivity index (χ3n) is 6.37.